The van der Waals surface area contributed by atoms with E-state index in [9.17, 15) is 0 Å². The molecule has 1 heterocycles. The first kappa shape index (κ1) is 11.4. The van der Waals surface area contributed by atoms with E-state index in [2.05, 4.69) is 41.3 Å². The van der Waals surface area contributed by atoms with Crippen LogP contribution in [0.15, 0.2) is 42.0 Å². The van der Waals surface area contributed by atoms with Crippen LogP contribution in [0, 0.1) is 0 Å². The highest BCUT2D eigenvalue weighted by atomic mass is 15.1. The highest BCUT2D eigenvalue weighted by molar-refractivity contribution is 5.15. The molecule has 2 N–H and O–H groups in total. The van der Waals surface area contributed by atoms with Crippen molar-refractivity contribution in [3.63, 3.8) is 0 Å². The van der Waals surface area contributed by atoms with Crippen LogP contribution in [0.4, 0.5) is 0 Å². The van der Waals surface area contributed by atoms with Crippen molar-refractivity contribution in [1.29, 1.82) is 0 Å². The van der Waals surface area contributed by atoms with Gasteiger partial charge < -0.3 is 5.73 Å². The fourth-order valence-corrected chi connectivity index (χ4v) is 2.21. The second-order valence-corrected chi connectivity index (χ2v) is 4.36. The van der Waals surface area contributed by atoms with E-state index < -0.39 is 0 Å². The Labute approximate surface area is 97.8 Å². The maximum Gasteiger partial charge on any atom is 0.0233 e. The molecule has 1 aliphatic heterocycles. The largest absolute Gasteiger partial charge is 0.327 e. The SMILES string of the molecule is NCC=C1CCN(Cc2ccccc2)CC1. The quantitative estimate of drug-likeness (QED) is 0.785. The number of benzene rings is 1. The molecule has 2 heteroatoms. The molecule has 1 saturated heterocycles. The highest BCUT2D eigenvalue weighted by Gasteiger charge is 2.13. The van der Waals surface area contributed by atoms with Crippen LogP contribution in [0.25, 0.3) is 0 Å². The number of piperidine rings is 1. The van der Waals surface area contributed by atoms with E-state index in [4.69, 9.17) is 5.73 Å². The summed E-state index contributed by atoms with van der Waals surface area (Å²) in [5, 5.41) is 0. The van der Waals surface area contributed by atoms with Gasteiger partial charge in [0.1, 0.15) is 0 Å². The molecule has 0 atom stereocenters. The summed E-state index contributed by atoms with van der Waals surface area (Å²) in [6.45, 7) is 4.10. The number of hydrogen-bond donors (Lipinski definition) is 1. The van der Waals surface area contributed by atoms with Crippen LogP contribution in [0.3, 0.4) is 0 Å². The van der Waals surface area contributed by atoms with Crippen molar-refractivity contribution in [2.24, 2.45) is 5.73 Å². The molecule has 1 aromatic rings. The molecular weight excluding hydrogens is 196 g/mol. The molecule has 0 unspecified atom stereocenters. The number of hydrogen-bond acceptors (Lipinski definition) is 2. The molecule has 0 bridgehead atoms. The Hall–Kier alpha value is -1.12. The summed E-state index contributed by atoms with van der Waals surface area (Å²) in [6.07, 6.45) is 4.55. The number of nitrogens with two attached hydrogens (primary N) is 1. The molecule has 2 rings (SSSR count). The minimum atomic E-state index is 0.689. The molecule has 0 aliphatic carbocycles. The number of nitrogens with zero attached hydrogens (tertiary/aromatic N) is 1. The van der Waals surface area contributed by atoms with Gasteiger partial charge in [-0.2, -0.15) is 0 Å². The zero-order valence-corrected chi connectivity index (χ0v) is 9.73. The zero-order chi connectivity index (χ0) is 11.2. The lowest BCUT2D eigenvalue weighted by molar-refractivity contribution is 0.248. The van der Waals surface area contributed by atoms with Gasteiger partial charge in [-0.05, 0) is 18.4 Å². The molecule has 1 aliphatic rings. The third-order valence-corrected chi connectivity index (χ3v) is 3.15. The van der Waals surface area contributed by atoms with E-state index in [0.717, 1.165) is 6.54 Å². The first-order chi connectivity index (χ1) is 7.88. The Morgan fingerprint density at radius 2 is 1.81 bits per heavy atom. The predicted molar refractivity (Wildman–Crippen MR) is 68.1 cm³/mol. The second kappa shape index (κ2) is 5.83. The van der Waals surface area contributed by atoms with Crippen LogP contribution < -0.4 is 5.73 Å². The summed E-state index contributed by atoms with van der Waals surface area (Å²) in [6, 6.07) is 10.7. The number of rotatable bonds is 3. The molecule has 1 fully saturated rings. The average Bonchev–Trinajstić information content (AvgIpc) is 2.33. The fourth-order valence-electron chi connectivity index (χ4n) is 2.21. The molecule has 86 valence electrons. The molecule has 1 aromatic carbocycles. The van der Waals surface area contributed by atoms with Crippen LogP contribution in [0.5, 0.6) is 0 Å². The first-order valence-electron chi connectivity index (χ1n) is 6.03. The molecular formula is C14H20N2. The smallest absolute Gasteiger partial charge is 0.0233 e. The average molecular weight is 216 g/mol. The molecule has 0 radical (unpaired) electrons. The van der Waals surface area contributed by atoms with Crippen molar-refractivity contribution in [2.45, 2.75) is 19.4 Å². The van der Waals surface area contributed by atoms with Crippen LogP contribution in [0.1, 0.15) is 18.4 Å². The zero-order valence-electron chi connectivity index (χ0n) is 9.73. The van der Waals surface area contributed by atoms with E-state index >= 15 is 0 Å². The van der Waals surface area contributed by atoms with Crippen LogP contribution >= 0.6 is 0 Å². The van der Waals surface area contributed by atoms with Gasteiger partial charge in [-0.15, -0.1) is 0 Å². The molecule has 0 spiro atoms. The Balaban J connectivity index is 1.84. The lowest BCUT2D eigenvalue weighted by Crippen LogP contribution is -2.30. The van der Waals surface area contributed by atoms with Crippen LogP contribution in [-0.4, -0.2) is 24.5 Å². The standard InChI is InChI=1S/C14H20N2/c15-9-6-13-7-10-16(11-8-13)12-14-4-2-1-3-5-14/h1-6H,7-12,15H2. The van der Waals surface area contributed by atoms with E-state index in [1.54, 1.807) is 0 Å². The van der Waals surface area contributed by atoms with Gasteiger partial charge in [0.15, 0.2) is 0 Å². The maximum absolute atomic E-state index is 5.53. The van der Waals surface area contributed by atoms with Gasteiger partial charge in [0.2, 0.25) is 0 Å². The topological polar surface area (TPSA) is 29.3 Å². The minimum Gasteiger partial charge on any atom is -0.327 e. The van der Waals surface area contributed by atoms with Crippen LogP contribution in [-0.2, 0) is 6.54 Å². The van der Waals surface area contributed by atoms with Gasteiger partial charge in [0.25, 0.3) is 0 Å². The van der Waals surface area contributed by atoms with Gasteiger partial charge in [0.05, 0.1) is 0 Å². The van der Waals surface area contributed by atoms with Crippen LogP contribution in [0.2, 0.25) is 0 Å². The lowest BCUT2D eigenvalue weighted by Gasteiger charge is -2.28. The van der Waals surface area contributed by atoms with E-state index in [-0.39, 0.29) is 0 Å². The summed E-state index contributed by atoms with van der Waals surface area (Å²) < 4.78 is 0. The first-order valence-corrected chi connectivity index (χ1v) is 6.03. The molecule has 2 nitrogen and oxygen atoms in total. The van der Waals surface area contributed by atoms with Crippen molar-refractivity contribution in [3.05, 3.63) is 47.5 Å². The van der Waals surface area contributed by atoms with Crippen molar-refractivity contribution in [2.75, 3.05) is 19.6 Å². The Morgan fingerprint density at radius 3 is 2.44 bits per heavy atom. The summed E-state index contributed by atoms with van der Waals surface area (Å²) in [7, 11) is 0. The highest BCUT2D eigenvalue weighted by Crippen LogP contribution is 2.17. The van der Waals surface area contributed by atoms with Crippen molar-refractivity contribution >= 4 is 0 Å². The molecule has 0 saturated carbocycles. The van der Waals surface area contributed by atoms with E-state index in [1.165, 1.54) is 37.1 Å². The van der Waals surface area contributed by atoms with Gasteiger partial charge in [0, 0.05) is 26.2 Å². The molecule has 0 aromatic heterocycles. The van der Waals surface area contributed by atoms with Crippen molar-refractivity contribution in [3.8, 4) is 0 Å². The van der Waals surface area contributed by atoms with Crippen molar-refractivity contribution < 1.29 is 0 Å². The maximum atomic E-state index is 5.53. The van der Waals surface area contributed by atoms with Gasteiger partial charge in [-0.25, -0.2) is 0 Å². The second-order valence-electron chi connectivity index (χ2n) is 4.36. The fraction of sp³-hybridized carbons (Fsp3) is 0.429. The minimum absolute atomic E-state index is 0.689. The van der Waals surface area contributed by atoms with Gasteiger partial charge in [-0.1, -0.05) is 42.0 Å². The summed E-state index contributed by atoms with van der Waals surface area (Å²) >= 11 is 0. The van der Waals surface area contributed by atoms with E-state index in [0.29, 0.717) is 6.54 Å². The summed E-state index contributed by atoms with van der Waals surface area (Å²) in [5.74, 6) is 0. The molecule has 0 amide bonds. The third-order valence-electron chi connectivity index (χ3n) is 3.15. The number of likely N-dealkylation sites (tertiary alicyclic amines) is 1. The Kier molecular flexibility index (Phi) is 4.14. The van der Waals surface area contributed by atoms with E-state index in [1.807, 2.05) is 0 Å². The Morgan fingerprint density at radius 1 is 1.12 bits per heavy atom. The van der Waals surface area contributed by atoms with Gasteiger partial charge in [-0.3, -0.25) is 4.90 Å². The third kappa shape index (κ3) is 3.19. The Bertz CT molecular complexity index is 333. The van der Waals surface area contributed by atoms with Gasteiger partial charge >= 0.3 is 0 Å². The summed E-state index contributed by atoms with van der Waals surface area (Å²) in [4.78, 5) is 2.52. The normalized spacial score (nSPS) is 17.4. The lowest BCUT2D eigenvalue weighted by atomic mass is 10.0. The summed E-state index contributed by atoms with van der Waals surface area (Å²) in [5.41, 5.74) is 8.47. The molecule has 16 heavy (non-hydrogen) atoms. The predicted octanol–water partition coefficient (Wildman–Crippen LogP) is 2.17. The monoisotopic (exact) mass is 216 g/mol. The van der Waals surface area contributed by atoms with Crippen molar-refractivity contribution in [1.82, 2.24) is 4.90 Å².